The third-order valence-corrected chi connectivity index (χ3v) is 4.66. The number of rotatable bonds is 2. The van der Waals surface area contributed by atoms with E-state index < -0.39 is 0 Å². The quantitative estimate of drug-likeness (QED) is 0.765. The summed E-state index contributed by atoms with van der Waals surface area (Å²) in [5, 5.41) is 1.05. The van der Waals surface area contributed by atoms with Gasteiger partial charge in [-0.05, 0) is 44.2 Å². The molecule has 2 rings (SSSR count). The van der Waals surface area contributed by atoms with E-state index in [0.29, 0.717) is 0 Å². The Kier molecular flexibility index (Phi) is 4.44. The molecule has 1 aliphatic rings. The van der Waals surface area contributed by atoms with E-state index in [4.69, 9.17) is 0 Å². The predicted molar refractivity (Wildman–Crippen MR) is 78.3 cm³/mol. The Balaban J connectivity index is 2.10. The topological polar surface area (TPSA) is 20.3 Å². The fourth-order valence-electron chi connectivity index (χ4n) is 2.43. The lowest BCUT2D eigenvalue weighted by atomic mass is 9.97. The Morgan fingerprint density at radius 1 is 1.33 bits per heavy atom. The van der Waals surface area contributed by atoms with Gasteiger partial charge < -0.3 is 4.90 Å². The van der Waals surface area contributed by atoms with Crippen molar-refractivity contribution in [3.05, 3.63) is 34.9 Å². The molecule has 18 heavy (non-hydrogen) atoms. The van der Waals surface area contributed by atoms with E-state index in [2.05, 4.69) is 22.0 Å². The third kappa shape index (κ3) is 2.94. The molecule has 2 nitrogen and oxygen atoms in total. The molecule has 1 aromatic rings. The van der Waals surface area contributed by atoms with Crippen LogP contribution in [0.5, 0.6) is 0 Å². The summed E-state index contributed by atoms with van der Waals surface area (Å²) in [6.45, 7) is 5.83. The minimum atomic E-state index is 0.198. The Labute approximate surface area is 117 Å². The van der Waals surface area contributed by atoms with Crippen LogP contribution in [-0.4, -0.2) is 29.2 Å². The van der Waals surface area contributed by atoms with Crippen molar-refractivity contribution in [1.82, 2.24) is 4.90 Å². The smallest absolute Gasteiger partial charge is 0.254 e. The Morgan fingerprint density at radius 2 is 2.00 bits per heavy atom. The van der Waals surface area contributed by atoms with Gasteiger partial charge in [-0.15, -0.1) is 0 Å². The molecule has 0 aromatic heterocycles. The van der Waals surface area contributed by atoms with Gasteiger partial charge in [-0.2, -0.15) is 0 Å². The first-order chi connectivity index (χ1) is 8.61. The molecule has 3 heteroatoms. The maximum Gasteiger partial charge on any atom is 0.254 e. The van der Waals surface area contributed by atoms with E-state index in [-0.39, 0.29) is 5.91 Å². The molecular formula is C15H20BrNO. The number of benzene rings is 1. The molecular weight excluding hydrogens is 290 g/mol. The lowest BCUT2D eigenvalue weighted by molar-refractivity contribution is 0.0698. The number of halogens is 1. The van der Waals surface area contributed by atoms with Gasteiger partial charge in [-0.1, -0.05) is 33.6 Å². The summed E-state index contributed by atoms with van der Waals surface area (Å²) in [7, 11) is 0. The normalized spacial score (nSPS) is 16.9. The van der Waals surface area contributed by atoms with E-state index >= 15 is 0 Å². The monoisotopic (exact) mass is 309 g/mol. The molecule has 0 unspecified atom stereocenters. The molecule has 1 fully saturated rings. The summed E-state index contributed by atoms with van der Waals surface area (Å²) < 4.78 is 0. The molecule has 0 saturated carbocycles. The summed E-state index contributed by atoms with van der Waals surface area (Å²) in [5.41, 5.74) is 3.10. The van der Waals surface area contributed by atoms with E-state index in [1.807, 2.05) is 30.9 Å². The average Bonchev–Trinajstić information content (AvgIpc) is 2.41. The van der Waals surface area contributed by atoms with Crippen molar-refractivity contribution < 1.29 is 4.79 Å². The SMILES string of the molecule is Cc1ccc(C)c(C(=O)N2CCC(CBr)CC2)c1. The van der Waals surface area contributed by atoms with Crippen LogP contribution < -0.4 is 0 Å². The second-order valence-corrected chi connectivity index (χ2v) is 5.86. The Hall–Kier alpha value is -0.830. The van der Waals surface area contributed by atoms with Crippen LogP contribution in [0, 0.1) is 19.8 Å². The number of carbonyl (C=O) groups is 1. The van der Waals surface area contributed by atoms with Gasteiger partial charge in [-0.25, -0.2) is 0 Å². The van der Waals surface area contributed by atoms with Crippen LogP contribution in [0.3, 0.4) is 0 Å². The second-order valence-electron chi connectivity index (χ2n) is 5.21. The highest BCUT2D eigenvalue weighted by atomic mass is 79.9. The number of nitrogens with zero attached hydrogens (tertiary/aromatic N) is 1. The minimum absolute atomic E-state index is 0.198. The van der Waals surface area contributed by atoms with Gasteiger partial charge in [0.1, 0.15) is 0 Å². The highest BCUT2D eigenvalue weighted by molar-refractivity contribution is 9.09. The van der Waals surface area contributed by atoms with Crippen molar-refractivity contribution in [3.8, 4) is 0 Å². The minimum Gasteiger partial charge on any atom is -0.339 e. The summed E-state index contributed by atoms with van der Waals surface area (Å²) in [5.74, 6) is 0.928. The largest absolute Gasteiger partial charge is 0.339 e. The van der Waals surface area contributed by atoms with Gasteiger partial charge in [0, 0.05) is 24.0 Å². The van der Waals surface area contributed by atoms with Crippen LogP contribution in [0.2, 0.25) is 0 Å². The van der Waals surface area contributed by atoms with Crippen LogP contribution in [0.15, 0.2) is 18.2 Å². The highest BCUT2D eigenvalue weighted by Crippen LogP contribution is 2.22. The molecule has 1 heterocycles. The molecule has 1 amide bonds. The fourth-order valence-corrected chi connectivity index (χ4v) is 3.07. The van der Waals surface area contributed by atoms with Crippen molar-refractivity contribution in [2.75, 3.05) is 18.4 Å². The number of hydrogen-bond donors (Lipinski definition) is 0. The molecule has 0 spiro atoms. The number of alkyl halides is 1. The standard InChI is InChI=1S/C15H20BrNO/c1-11-3-4-12(2)14(9-11)15(18)17-7-5-13(10-16)6-8-17/h3-4,9,13H,5-8,10H2,1-2H3. The van der Waals surface area contributed by atoms with Gasteiger partial charge in [0.25, 0.3) is 5.91 Å². The molecule has 0 atom stereocenters. The lowest BCUT2D eigenvalue weighted by Gasteiger charge is -2.31. The third-order valence-electron chi connectivity index (χ3n) is 3.74. The van der Waals surface area contributed by atoms with Crippen molar-refractivity contribution in [1.29, 1.82) is 0 Å². The van der Waals surface area contributed by atoms with Gasteiger partial charge in [0.05, 0.1) is 0 Å². The van der Waals surface area contributed by atoms with E-state index in [1.54, 1.807) is 0 Å². The van der Waals surface area contributed by atoms with Crippen LogP contribution in [0.25, 0.3) is 0 Å². The zero-order valence-electron chi connectivity index (χ0n) is 11.1. The second kappa shape index (κ2) is 5.87. The van der Waals surface area contributed by atoms with Crippen LogP contribution in [0.4, 0.5) is 0 Å². The molecule has 0 aliphatic carbocycles. The number of hydrogen-bond acceptors (Lipinski definition) is 1. The summed E-state index contributed by atoms with van der Waals surface area (Å²) in [4.78, 5) is 14.5. The molecule has 1 aliphatic heterocycles. The van der Waals surface area contributed by atoms with E-state index in [1.165, 1.54) is 0 Å². The van der Waals surface area contributed by atoms with E-state index in [0.717, 1.165) is 53.9 Å². The van der Waals surface area contributed by atoms with Crippen LogP contribution in [-0.2, 0) is 0 Å². The number of amides is 1. The first-order valence-electron chi connectivity index (χ1n) is 6.54. The lowest BCUT2D eigenvalue weighted by Crippen LogP contribution is -2.39. The first kappa shape index (κ1) is 13.6. The van der Waals surface area contributed by atoms with E-state index in [9.17, 15) is 4.79 Å². The van der Waals surface area contributed by atoms with Crippen LogP contribution in [0.1, 0.15) is 34.3 Å². The number of likely N-dealkylation sites (tertiary alicyclic amines) is 1. The summed E-state index contributed by atoms with van der Waals surface area (Å²) in [6.07, 6.45) is 2.23. The molecule has 98 valence electrons. The molecule has 1 aromatic carbocycles. The van der Waals surface area contributed by atoms with Gasteiger partial charge in [0.15, 0.2) is 0 Å². The maximum atomic E-state index is 12.5. The molecule has 1 saturated heterocycles. The fraction of sp³-hybridized carbons (Fsp3) is 0.533. The van der Waals surface area contributed by atoms with Gasteiger partial charge in [0.2, 0.25) is 0 Å². The summed E-state index contributed by atoms with van der Waals surface area (Å²) in [6, 6.07) is 6.10. The molecule has 0 radical (unpaired) electrons. The first-order valence-corrected chi connectivity index (χ1v) is 7.66. The Morgan fingerprint density at radius 3 is 2.61 bits per heavy atom. The van der Waals surface area contributed by atoms with Crippen molar-refractivity contribution >= 4 is 21.8 Å². The van der Waals surface area contributed by atoms with Gasteiger partial charge in [-0.3, -0.25) is 4.79 Å². The predicted octanol–water partition coefficient (Wildman–Crippen LogP) is 3.55. The Bertz CT molecular complexity index is 436. The van der Waals surface area contributed by atoms with Crippen molar-refractivity contribution in [3.63, 3.8) is 0 Å². The average molecular weight is 310 g/mol. The van der Waals surface area contributed by atoms with Crippen molar-refractivity contribution in [2.24, 2.45) is 5.92 Å². The number of carbonyl (C=O) groups excluding carboxylic acids is 1. The maximum absolute atomic E-state index is 12.5. The number of aryl methyl sites for hydroxylation is 2. The molecule has 0 N–H and O–H groups in total. The zero-order chi connectivity index (χ0) is 13.1. The van der Waals surface area contributed by atoms with Gasteiger partial charge >= 0.3 is 0 Å². The molecule has 0 bridgehead atoms. The van der Waals surface area contributed by atoms with Crippen molar-refractivity contribution in [2.45, 2.75) is 26.7 Å². The highest BCUT2D eigenvalue weighted by Gasteiger charge is 2.23. The zero-order valence-corrected chi connectivity index (χ0v) is 12.7. The summed E-state index contributed by atoms with van der Waals surface area (Å²) >= 11 is 3.53. The number of piperidine rings is 1. The van der Waals surface area contributed by atoms with Crippen LogP contribution >= 0.6 is 15.9 Å².